The summed E-state index contributed by atoms with van der Waals surface area (Å²) in [7, 11) is 0. The molecule has 102 valence electrons. The lowest BCUT2D eigenvalue weighted by atomic mass is 10.0. The van der Waals surface area contributed by atoms with Gasteiger partial charge in [0.05, 0.1) is 5.69 Å². The van der Waals surface area contributed by atoms with E-state index in [9.17, 15) is 0 Å². The van der Waals surface area contributed by atoms with Crippen molar-refractivity contribution in [1.29, 1.82) is 0 Å². The SMILES string of the molecule is CC(C)c1cccc(Oc2ccc(N)c3nonc23)c1. The normalized spacial score (nSPS) is 11.2. The van der Waals surface area contributed by atoms with Crippen molar-refractivity contribution in [2.24, 2.45) is 0 Å². The maximum absolute atomic E-state index is 5.88. The van der Waals surface area contributed by atoms with E-state index in [4.69, 9.17) is 15.1 Å². The number of nitrogen functional groups attached to an aromatic ring is 1. The average Bonchev–Trinajstić information content (AvgIpc) is 2.93. The molecule has 0 saturated heterocycles. The van der Waals surface area contributed by atoms with Crippen molar-refractivity contribution in [3.63, 3.8) is 0 Å². The summed E-state index contributed by atoms with van der Waals surface area (Å²) in [5.74, 6) is 1.78. The summed E-state index contributed by atoms with van der Waals surface area (Å²) in [6.45, 7) is 4.28. The van der Waals surface area contributed by atoms with Crippen molar-refractivity contribution in [1.82, 2.24) is 10.3 Å². The van der Waals surface area contributed by atoms with Gasteiger partial charge in [-0.1, -0.05) is 26.0 Å². The Morgan fingerprint density at radius 1 is 1.10 bits per heavy atom. The van der Waals surface area contributed by atoms with Crippen LogP contribution in [0.3, 0.4) is 0 Å². The van der Waals surface area contributed by atoms with E-state index in [1.165, 1.54) is 5.56 Å². The summed E-state index contributed by atoms with van der Waals surface area (Å²) in [6, 6.07) is 11.5. The fourth-order valence-electron chi connectivity index (χ4n) is 2.01. The van der Waals surface area contributed by atoms with Gasteiger partial charge in [0.2, 0.25) is 0 Å². The molecular formula is C15H15N3O2. The van der Waals surface area contributed by atoms with Gasteiger partial charge in [-0.05, 0) is 46.1 Å². The second kappa shape index (κ2) is 4.85. The van der Waals surface area contributed by atoms with E-state index in [0.29, 0.717) is 28.4 Å². The van der Waals surface area contributed by atoms with Crippen LogP contribution in [0.5, 0.6) is 11.5 Å². The quantitative estimate of drug-likeness (QED) is 0.733. The smallest absolute Gasteiger partial charge is 0.179 e. The minimum Gasteiger partial charge on any atom is -0.455 e. The standard InChI is InChI=1S/C15H15N3O2/c1-9(2)10-4-3-5-11(8-10)19-13-7-6-12(16)14-15(13)18-20-17-14/h3-9H,16H2,1-2H3. The molecular weight excluding hydrogens is 254 g/mol. The zero-order chi connectivity index (χ0) is 14.1. The highest BCUT2D eigenvalue weighted by molar-refractivity contribution is 5.90. The van der Waals surface area contributed by atoms with Gasteiger partial charge in [0, 0.05) is 0 Å². The third-order valence-electron chi connectivity index (χ3n) is 3.16. The average molecular weight is 269 g/mol. The Bertz CT molecular complexity index is 750. The molecule has 0 atom stereocenters. The van der Waals surface area contributed by atoms with Crippen LogP contribution in [0, 0.1) is 0 Å². The second-order valence-corrected chi connectivity index (χ2v) is 4.94. The lowest BCUT2D eigenvalue weighted by molar-refractivity contribution is 0.314. The van der Waals surface area contributed by atoms with Crippen LogP contribution in [0.2, 0.25) is 0 Å². The maximum Gasteiger partial charge on any atom is 0.179 e. The molecule has 0 radical (unpaired) electrons. The molecule has 0 aliphatic carbocycles. The topological polar surface area (TPSA) is 74.2 Å². The summed E-state index contributed by atoms with van der Waals surface area (Å²) in [5.41, 5.74) is 8.59. The molecule has 0 spiro atoms. The number of benzene rings is 2. The molecule has 0 unspecified atom stereocenters. The van der Waals surface area contributed by atoms with Gasteiger partial charge in [0.15, 0.2) is 16.8 Å². The van der Waals surface area contributed by atoms with Gasteiger partial charge in [0.25, 0.3) is 0 Å². The molecule has 0 saturated carbocycles. The number of nitrogens with zero attached hydrogens (tertiary/aromatic N) is 2. The van der Waals surface area contributed by atoms with E-state index in [1.807, 2.05) is 18.2 Å². The van der Waals surface area contributed by atoms with Crippen molar-refractivity contribution < 1.29 is 9.37 Å². The predicted molar refractivity (Wildman–Crippen MR) is 76.8 cm³/mol. The molecule has 5 nitrogen and oxygen atoms in total. The van der Waals surface area contributed by atoms with Crippen molar-refractivity contribution in [2.45, 2.75) is 19.8 Å². The van der Waals surface area contributed by atoms with Crippen LogP contribution in [0.15, 0.2) is 41.0 Å². The molecule has 2 aromatic carbocycles. The molecule has 2 N–H and O–H groups in total. The minimum atomic E-state index is 0.443. The lowest BCUT2D eigenvalue weighted by Crippen LogP contribution is -1.92. The zero-order valence-corrected chi connectivity index (χ0v) is 11.3. The number of anilines is 1. The fraction of sp³-hybridized carbons (Fsp3) is 0.200. The van der Waals surface area contributed by atoms with Gasteiger partial charge >= 0.3 is 0 Å². The van der Waals surface area contributed by atoms with E-state index in [1.54, 1.807) is 12.1 Å². The van der Waals surface area contributed by atoms with Gasteiger partial charge in [0.1, 0.15) is 5.75 Å². The van der Waals surface area contributed by atoms with E-state index >= 15 is 0 Å². The van der Waals surface area contributed by atoms with Crippen LogP contribution < -0.4 is 10.5 Å². The Morgan fingerprint density at radius 3 is 2.70 bits per heavy atom. The largest absolute Gasteiger partial charge is 0.455 e. The van der Waals surface area contributed by atoms with E-state index in [-0.39, 0.29) is 0 Å². The van der Waals surface area contributed by atoms with Crippen LogP contribution in [-0.2, 0) is 0 Å². The summed E-state index contributed by atoms with van der Waals surface area (Å²) in [5, 5.41) is 7.62. The number of ether oxygens (including phenoxy) is 1. The molecule has 0 amide bonds. The van der Waals surface area contributed by atoms with E-state index in [2.05, 4.69) is 30.2 Å². The van der Waals surface area contributed by atoms with E-state index in [0.717, 1.165) is 5.75 Å². The third kappa shape index (κ3) is 2.18. The minimum absolute atomic E-state index is 0.443. The molecule has 5 heteroatoms. The monoisotopic (exact) mass is 269 g/mol. The first-order chi connectivity index (χ1) is 9.65. The summed E-state index contributed by atoms with van der Waals surface area (Å²) in [6.07, 6.45) is 0. The van der Waals surface area contributed by atoms with Crippen LogP contribution >= 0.6 is 0 Å². The molecule has 3 aromatic rings. The second-order valence-electron chi connectivity index (χ2n) is 4.94. The Balaban J connectivity index is 1.99. The molecule has 0 aliphatic rings. The summed E-state index contributed by atoms with van der Waals surface area (Å²) < 4.78 is 10.6. The molecule has 20 heavy (non-hydrogen) atoms. The van der Waals surface area contributed by atoms with Crippen LogP contribution in [-0.4, -0.2) is 10.3 Å². The predicted octanol–water partition coefficient (Wildman–Crippen LogP) is 3.72. The van der Waals surface area contributed by atoms with Crippen molar-refractivity contribution >= 4 is 16.7 Å². The Labute approximate surface area is 116 Å². The number of rotatable bonds is 3. The van der Waals surface area contributed by atoms with Gasteiger partial charge in [-0.3, -0.25) is 0 Å². The molecule has 1 heterocycles. The van der Waals surface area contributed by atoms with Crippen molar-refractivity contribution in [3.8, 4) is 11.5 Å². The first kappa shape index (κ1) is 12.5. The van der Waals surface area contributed by atoms with Gasteiger partial charge in [-0.2, -0.15) is 0 Å². The number of aromatic nitrogens is 2. The summed E-state index contributed by atoms with van der Waals surface area (Å²) >= 11 is 0. The third-order valence-corrected chi connectivity index (χ3v) is 3.16. The zero-order valence-electron chi connectivity index (χ0n) is 11.3. The first-order valence-corrected chi connectivity index (χ1v) is 6.43. The highest BCUT2D eigenvalue weighted by Crippen LogP contribution is 2.31. The molecule has 0 aliphatic heterocycles. The molecule has 3 rings (SSSR count). The first-order valence-electron chi connectivity index (χ1n) is 6.43. The number of nitrogens with two attached hydrogens (primary N) is 1. The number of fused-ring (bicyclic) bond motifs is 1. The highest BCUT2D eigenvalue weighted by Gasteiger charge is 2.12. The maximum atomic E-state index is 5.88. The van der Waals surface area contributed by atoms with Crippen LogP contribution in [0.25, 0.3) is 11.0 Å². The van der Waals surface area contributed by atoms with Crippen LogP contribution in [0.4, 0.5) is 5.69 Å². The fourth-order valence-corrected chi connectivity index (χ4v) is 2.01. The van der Waals surface area contributed by atoms with Crippen molar-refractivity contribution in [3.05, 3.63) is 42.0 Å². The summed E-state index contributed by atoms with van der Waals surface area (Å²) in [4.78, 5) is 0. The highest BCUT2D eigenvalue weighted by atomic mass is 16.6. The van der Waals surface area contributed by atoms with Crippen LogP contribution in [0.1, 0.15) is 25.3 Å². The van der Waals surface area contributed by atoms with Gasteiger partial charge in [-0.25, -0.2) is 4.63 Å². The molecule has 0 fully saturated rings. The molecule has 0 bridgehead atoms. The van der Waals surface area contributed by atoms with E-state index < -0.39 is 0 Å². The Hall–Kier alpha value is -2.56. The number of hydrogen-bond donors (Lipinski definition) is 1. The number of hydrogen-bond acceptors (Lipinski definition) is 5. The lowest BCUT2D eigenvalue weighted by Gasteiger charge is -2.10. The Kier molecular flexibility index (Phi) is 3.02. The van der Waals surface area contributed by atoms with Crippen molar-refractivity contribution in [2.75, 3.05) is 5.73 Å². The van der Waals surface area contributed by atoms with Gasteiger partial charge in [-0.15, -0.1) is 0 Å². The molecule has 1 aromatic heterocycles. The van der Waals surface area contributed by atoms with Gasteiger partial charge < -0.3 is 10.5 Å². The Morgan fingerprint density at radius 2 is 1.90 bits per heavy atom.